The summed E-state index contributed by atoms with van der Waals surface area (Å²) in [5, 5.41) is 0. The summed E-state index contributed by atoms with van der Waals surface area (Å²) < 4.78 is 16.7. The Kier molecular flexibility index (Phi) is 12.9. The third kappa shape index (κ3) is 10.7. The van der Waals surface area contributed by atoms with Crippen molar-refractivity contribution in [1.82, 2.24) is 0 Å². The van der Waals surface area contributed by atoms with Gasteiger partial charge in [-0.25, -0.2) is 0 Å². The van der Waals surface area contributed by atoms with Gasteiger partial charge in [0.05, 0.1) is 0 Å². The monoisotopic (exact) mass is 252 g/mol. The van der Waals surface area contributed by atoms with E-state index in [1.807, 2.05) is 0 Å². The Balaban J connectivity index is 3.49. The third-order valence-electron chi connectivity index (χ3n) is 1.72. The molecule has 0 bridgehead atoms. The summed E-state index contributed by atoms with van der Waals surface area (Å²) in [6, 6.07) is 0. The van der Waals surface area contributed by atoms with Gasteiger partial charge in [-0.1, -0.05) is 13.8 Å². The van der Waals surface area contributed by atoms with Crippen LogP contribution in [0.4, 0.5) is 0 Å². The number of hydrogen-bond donors (Lipinski definition) is 1. The van der Waals surface area contributed by atoms with Crippen molar-refractivity contribution in [3.05, 3.63) is 0 Å². The van der Waals surface area contributed by atoms with E-state index in [1.165, 1.54) is 0 Å². The molecule has 0 aliphatic carbocycles. The van der Waals surface area contributed by atoms with Gasteiger partial charge in [-0.15, -0.1) is 0 Å². The molecule has 0 unspecified atom stereocenters. The van der Waals surface area contributed by atoms with Gasteiger partial charge < -0.3 is 13.3 Å². The fraction of sp³-hybridized carbons (Fsp3) is 1.00. The predicted octanol–water partition coefficient (Wildman–Crippen LogP) is 2.28. The molecule has 3 nitrogen and oxygen atoms in total. The highest BCUT2D eigenvalue weighted by atomic mass is 32.1. The van der Waals surface area contributed by atoms with Crippen molar-refractivity contribution < 1.29 is 13.3 Å². The normalized spacial score (nSPS) is 11.2. The topological polar surface area (TPSA) is 27.7 Å². The summed E-state index contributed by atoms with van der Waals surface area (Å²) in [6.07, 6.45) is 4.15. The average molecular weight is 252 g/mol. The Morgan fingerprint density at radius 1 is 0.867 bits per heavy atom. The van der Waals surface area contributed by atoms with E-state index < -0.39 is 9.53 Å². The molecule has 0 aromatic heterocycles. The SMILES string of the molecule is CCCO[SiH](OCCC)OCCCCS. The van der Waals surface area contributed by atoms with Gasteiger partial charge in [-0.3, -0.25) is 0 Å². The van der Waals surface area contributed by atoms with Crippen molar-refractivity contribution in [2.24, 2.45) is 0 Å². The minimum atomic E-state index is -1.84. The highest BCUT2D eigenvalue weighted by molar-refractivity contribution is 7.80. The fourth-order valence-electron chi connectivity index (χ4n) is 0.966. The van der Waals surface area contributed by atoms with E-state index in [9.17, 15) is 0 Å². The molecule has 5 heteroatoms. The lowest BCUT2D eigenvalue weighted by molar-refractivity contribution is 0.0922. The van der Waals surface area contributed by atoms with Crippen molar-refractivity contribution in [3.63, 3.8) is 0 Å². The van der Waals surface area contributed by atoms with Crippen LogP contribution in [0.25, 0.3) is 0 Å². The summed E-state index contributed by atoms with van der Waals surface area (Å²) in [6.45, 7) is 6.41. The molecule has 0 saturated heterocycles. The second kappa shape index (κ2) is 12.5. The molecule has 15 heavy (non-hydrogen) atoms. The first kappa shape index (κ1) is 15.4. The third-order valence-corrected chi connectivity index (χ3v) is 3.56. The van der Waals surface area contributed by atoms with Crippen LogP contribution in [-0.4, -0.2) is 35.1 Å². The molecule has 0 aliphatic heterocycles. The molecule has 0 aromatic carbocycles. The molecular weight excluding hydrogens is 228 g/mol. The van der Waals surface area contributed by atoms with E-state index in [-0.39, 0.29) is 0 Å². The fourth-order valence-corrected chi connectivity index (χ4v) is 2.69. The van der Waals surface area contributed by atoms with Gasteiger partial charge in [0.15, 0.2) is 0 Å². The van der Waals surface area contributed by atoms with Gasteiger partial charge in [0, 0.05) is 19.8 Å². The van der Waals surface area contributed by atoms with Crippen LogP contribution in [0, 0.1) is 0 Å². The zero-order valence-electron chi connectivity index (χ0n) is 9.91. The van der Waals surface area contributed by atoms with Crippen LogP contribution in [-0.2, 0) is 13.3 Å². The van der Waals surface area contributed by atoms with Crippen LogP contribution >= 0.6 is 12.6 Å². The quantitative estimate of drug-likeness (QED) is 0.347. The van der Waals surface area contributed by atoms with E-state index in [1.54, 1.807) is 0 Å². The zero-order valence-corrected chi connectivity index (χ0v) is 12.0. The van der Waals surface area contributed by atoms with Crippen molar-refractivity contribution in [3.8, 4) is 0 Å². The Hall–Kier alpha value is 0.447. The van der Waals surface area contributed by atoms with E-state index in [0.29, 0.717) is 0 Å². The standard InChI is InChI=1S/C10H24O3SSi/c1-3-7-11-15(12-8-4-2)13-9-5-6-10-14/h14-15H,3-10H2,1-2H3. The molecule has 0 N–H and O–H groups in total. The highest BCUT2D eigenvalue weighted by Gasteiger charge is 2.13. The van der Waals surface area contributed by atoms with Gasteiger partial charge in [0.25, 0.3) is 0 Å². The molecule has 0 rings (SSSR count). The van der Waals surface area contributed by atoms with E-state index in [2.05, 4.69) is 26.5 Å². The second-order valence-corrected chi connectivity index (χ2v) is 5.36. The van der Waals surface area contributed by atoms with Crippen LogP contribution in [0.5, 0.6) is 0 Å². The largest absolute Gasteiger partial charge is 0.484 e. The number of unbranched alkanes of at least 4 members (excludes halogenated alkanes) is 1. The van der Waals surface area contributed by atoms with E-state index >= 15 is 0 Å². The molecular formula is C10H24O3SSi. The maximum atomic E-state index is 5.61. The Bertz CT molecular complexity index is 119. The Morgan fingerprint density at radius 3 is 1.87 bits per heavy atom. The molecule has 0 heterocycles. The summed E-state index contributed by atoms with van der Waals surface area (Å²) in [5.74, 6) is 0.918. The van der Waals surface area contributed by atoms with Crippen LogP contribution < -0.4 is 0 Å². The summed E-state index contributed by atoms with van der Waals surface area (Å²) in [4.78, 5) is 0. The van der Waals surface area contributed by atoms with E-state index in [0.717, 1.165) is 51.3 Å². The van der Waals surface area contributed by atoms with Gasteiger partial charge in [-0.05, 0) is 31.4 Å². The minimum Gasteiger partial charge on any atom is -0.376 e. The molecule has 0 spiro atoms. The average Bonchev–Trinajstić information content (AvgIpc) is 2.27. The van der Waals surface area contributed by atoms with Crippen LogP contribution in [0.3, 0.4) is 0 Å². The smallest absolute Gasteiger partial charge is 0.376 e. The van der Waals surface area contributed by atoms with Gasteiger partial charge in [0.1, 0.15) is 0 Å². The lowest BCUT2D eigenvalue weighted by Crippen LogP contribution is -2.28. The lowest BCUT2D eigenvalue weighted by Gasteiger charge is -2.15. The molecule has 92 valence electrons. The molecule has 0 fully saturated rings. The van der Waals surface area contributed by atoms with Crippen molar-refractivity contribution >= 4 is 22.2 Å². The van der Waals surface area contributed by atoms with Crippen molar-refractivity contribution in [1.29, 1.82) is 0 Å². The van der Waals surface area contributed by atoms with Crippen molar-refractivity contribution in [2.45, 2.75) is 39.5 Å². The molecule has 0 aliphatic rings. The Morgan fingerprint density at radius 2 is 1.40 bits per heavy atom. The van der Waals surface area contributed by atoms with Crippen LogP contribution in [0.2, 0.25) is 0 Å². The minimum absolute atomic E-state index is 0.741. The second-order valence-electron chi connectivity index (χ2n) is 3.33. The van der Waals surface area contributed by atoms with Crippen molar-refractivity contribution in [2.75, 3.05) is 25.6 Å². The number of hydrogen-bond acceptors (Lipinski definition) is 4. The predicted molar refractivity (Wildman–Crippen MR) is 68.7 cm³/mol. The van der Waals surface area contributed by atoms with Crippen LogP contribution in [0.1, 0.15) is 39.5 Å². The summed E-state index contributed by atoms with van der Waals surface area (Å²) >= 11 is 4.15. The molecule has 0 atom stereocenters. The highest BCUT2D eigenvalue weighted by Crippen LogP contribution is 1.99. The Labute approximate surface area is 101 Å². The summed E-state index contributed by atoms with van der Waals surface area (Å²) in [5.41, 5.74) is 0. The van der Waals surface area contributed by atoms with Gasteiger partial charge in [0.2, 0.25) is 0 Å². The van der Waals surface area contributed by atoms with Crippen LogP contribution in [0.15, 0.2) is 0 Å². The first-order chi connectivity index (χ1) is 7.35. The number of rotatable bonds is 11. The summed E-state index contributed by atoms with van der Waals surface area (Å²) in [7, 11) is -1.84. The molecule has 0 radical (unpaired) electrons. The molecule has 0 saturated carbocycles. The molecule has 0 aromatic rings. The number of thiol groups is 1. The first-order valence-corrected chi connectivity index (χ1v) is 7.85. The van der Waals surface area contributed by atoms with Gasteiger partial charge in [-0.2, -0.15) is 12.6 Å². The maximum Gasteiger partial charge on any atom is 0.484 e. The van der Waals surface area contributed by atoms with Gasteiger partial charge >= 0.3 is 9.53 Å². The van der Waals surface area contributed by atoms with E-state index in [4.69, 9.17) is 13.3 Å². The lowest BCUT2D eigenvalue weighted by atomic mass is 10.4. The molecule has 0 amide bonds. The maximum absolute atomic E-state index is 5.61. The zero-order chi connectivity index (χ0) is 11.4. The first-order valence-electron chi connectivity index (χ1n) is 5.80.